The Morgan fingerprint density at radius 1 is 1.08 bits per heavy atom. The molecule has 0 saturated carbocycles. The standard InChI is InChI=1S/C9H6N2O2/c12-8-5-9(13)11-7-4-2-1-3-6(7)10-8/h1-5,12H. The lowest BCUT2D eigenvalue weighted by molar-refractivity contribution is 0.456. The van der Waals surface area contributed by atoms with Crippen LogP contribution in [0.4, 0.5) is 0 Å². The molecule has 0 spiro atoms. The van der Waals surface area contributed by atoms with Crippen molar-refractivity contribution in [1.29, 1.82) is 0 Å². The van der Waals surface area contributed by atoms with E-state index in [1.54, 1.807) is 24.3 Å². The smallest absolute Gasteiger partial charge is 0.275 e. The Morgan fingerprint density at radius 3 is 2.38 bits per heavy atom. The van der Waals surface area contributed by atoms with Crippen molar-refractivity contribution in [3.63, 3.8) is 0 Å². The van der Waals surface area contributed by atoms with Crippen LogP contribution in [0.1, 0.15) is 0 Å². The van der Waals surface area contributed by atoms with Crippen LogP contribution in [0.5, 0.6) is 5.88 Å². The van der Waals surface area contributed by atoms with Gasteiger partial charge < -0.3 is 5.11 Å². The fourth-order valence-electron chi connectivity index (χ4n) is 1.07. The van der Waals surface area contributed by atoms with E-state index in [-0.39, 0.29) is 5.88 Å². The summed E-state index contributed by atoms with van der Waals surface area (Å²) in [7, 11) is 0. The first-order valence-electron chi connectivity index (χ1n) is 3.73. The van der Waals surface area contributed by atoms with Gasteiger partial charge >= 0.3 is 0 Å². The average molecular weight is 174 g/mol. The van der Waals surface area contributed by atoms with E-state index < -0.39 is 5.56 Å². The highest BCUT2D eigenvalue weighted by molar-refractivity contribution is 5.73. The van der Waals surface area contributed by atoms with Gasteiger partial charge in [-0.3, -0.25) is 4.79 Å². The summed E-state index contributed by atoms with van der Waals surface area (Å²) in [6, 6.07) is 7.86. The van der Waals surface area contributed by atoms with Crippen LogP contribution in [0.3, 0.4) is 0 Å². The van der Waals surface area contributed by atoms with Gasteiger partial charge in [0.1, 0.15) is 0 Å². The highest BCUT2D eigenvalue weighted by atomic mass is 16.3. The topological polar surface area (TPSA) is 63.1 Å². The number of rotatable bonds is 0. The van der Waals surface area contributed by atoms with Crippen molar-refractivity contribution < 1.29 is 5.11 Å². The molecule has 2 rings (SSSR count). The summed E-state index contributed by atoms with van der Waals surface area (Å²) in [6.45, 7) is 0. The zero-order valence-electron chi connectivity index (χ0n) is 6.64. The molecule has 0 aliphatic heterocycles. The van der Waals surface area contributed by atoms with Gasteiger partial charge in [-0.15, -0.1) is 0 Å². The molecular formula is C9H6N2O2. The first-order chi connectivity index (χ1) is 6.25. The number of hydrogen-bond donors (Lipinski definition) is 1. The van der Waals surface area contributed by atoms with E-state index >= 15 is 0 Å². The Morgan fingerprint density at radius 2 is 1.69 bits per heavy atom. The second kappa shape index (κ2) is 2.82. The van der Waals surface area contributed by atoms with Gasteiger partial charge in [-0.05, 0) is 12.1 Å². The number of aromatic hydroxyl groups is 1. The number of hydrogen-bond acceptors (Lipinski definition) is 4. The lowest BCUT2D eigenvalue weighted by atomic mass is 10.3. The van der Waals surface area contributed by atoms with E-state index in [4.69, 9.17) is 5.11 Å². The maximum absolute atomic E-state index is 11.0. The molecule has 0 aliphatic carbocycles. The van der Waals surface area contributed by atoms with Crippen LogP contribution in [0, 0.1) is 0 Å². The maximum Gasteiger partial charge on any atom is 0.275 e. The summed E-state index contributed by atoms with van der Waals surface area (Å²) < 4.78 is 0. The normalized spacial score (nSPS) is 10.2. The number of nitrogens with zero attached hydrogens (tertiary/aromatic N) is 2. The van der Waals surface area contributed by atoms with Crippen molar-refractivity contribution in [3.05, 3.63) is 40.7 Å². The van der Waals surface area contributed by atoms with Crippen LogP contribution in [0.2, 0.25) is 0 Å². The molecule has 0 aliphatic rings. The van der Waals surface area contributed by atoms with Gasteiger partial charge in [0.15, 0.2) is 0 Å². The summed E-state index contributed by atoms with van der Waals surface area (Å²) >= 11 is 0. The van der Waals surface area contributed by atoms with Gasteiger partial charge in [0.25, 0.3) is 5.56 Å². The molecule has 4 nitrogen and oxygen atoms in total. The van der Waals surface area contributed by atoms with Gasteiger partial charge in [0, 0.05) is 0 Å². The Balaban J connectivity index is 2.98. The van der Waals surface area contributed by atoms with E-state index in [2.05, 4.69) is 9.97 Å². The number of aromatic nitrogens is 2. The fourth-order valence-corrected chi connectivity index (χ4v) is 1.07. The quantitative estimate of drug-likeness (QED) is 0.638. The van der Waals surface area contributed by atoms with Crippen molar-refractivity contribution in [2.24, 2.45) is 0 Å². The van der Waals surface area contributed by atoms with Crippen LogP contribution in [0.15, 0.2) is 35.1 Å². The van der Waals surface area contributed by atoms with Crippen molar-refractivity contribution in [1.82, 2.24) is 9.97 Å². The van der Waals surface area contributed by atoms with Crippen LogP contribution in [-0.2, 0) is 0 Å². The monoisotopic (exact) mass is 174 g/mol. The zero-order chi connectivity index (χ0) is 9.26. The second-order valence-corrected chi connectivity index (χ2v) is 2.55. The van der Waals surface area contributed by atoms with Crippen molar-refractivity contribution in [2.75, 3.05) is 0 Å². The largest absolute Gasteiger partial charge is 0.493 e. The van der Waals surface area contributed by atoms with E-state index in [0.29, 0.717) is 11.0 Å². The molecule has 0 atom stereocenters. The van der Waals surface area contributed by atoms with Crippen molar-refractivity contribution in [3.8, 4) is 5.88 Å². The maximum atomic E-state index is 11.0. The minimum Gasteiger partial charge on any atom is -0.493 e. The molecule has 0 amide bonds. The number of benzene rings is 1. The molecule has 13 heavy (non-hydrogen) atoms. The van der Waals surface area contributed by atoms with Gasteiger partial charge in [0.2, 0.25) is 5.88 Å². The molecule has 1 aromatic carbocycles. The number of para-hydroxylation sites is 2. The molecule has 0 fully saturated rings. The predicted molar refractivity (Wildman–Crippen MR) is 47.5 cm³/mol. The van der Waals surface area contributed by atoms with Crippen molar-refractivity contribution in [2.45, 2.75) is 0 Å². The van der Waals surface area contributed by atoms with Gasteiger partial charge in [0.05, 0.1) is 17.1 Å². The third kappa shape index (κ3) is 1.46. The van der Waals surface area contributed by atoms with Crippen LogP contribution in [-0.4, -0.2) is 15.1 Å². The third-order valence-corrected chi connectivity index (χ3v) is 1.60. The van der Waals surface area contributed by atoms with Crippen LogP contribution < -0.4 is 5.56 Å². The Kier molecular flexibility index (Phi) is 1.66. The number of fused-ring (bicyclic) bond motifs is 1. The minimum absolute atomic E-state index is 0.307. The summed E-state index contributed by atoms with van der Waals surface area (Å²) in [5.41, 5.74) is 0.487. The molecule has 2 aromatic rings. The Hall–Kier alpha value is -1.97. The highest BCUT2D eigenvalue weighted by Gasteiger charge is 1.96. The molecule has 0 unspecified atom stereocenters. The van der Waals surface area contributed by atoms with Crippen LogP contribution >= 0.6 is 0 Å². The SMILES string of the molecule is O=c1cc(O)nc2ccccc2n1. The van der Waals surface area contributed by atoms with Gasteiger partial charge in [-0.25, -0.2) is 9.97 Å². The molecule has 4 heteroatoms. The summed E-state index contributed by atoms with van der Waals surface area (Å²) in [4.78, 5) is 18.5. The average Bonchev–Trinajstić information content (AvgIpc) is 2.20. The first-order valence-corrected chi connectivity index (χ1v) is 3.73. The molecule has 64 valence electrons. The van der Waals surface area contributed by atoms with Crippen molar-refractivity contribution >= 4 is 11.0 Å². The summed E-state index contributed by atoms with van der Waals surface area (Å²) in [6.07, 6.45) is 0. The molecule has 1 aromatic heterocycles. The fraction of sp³-hybridized carbons (Fsp3) is 0. The summed E-state index contributed by atoms with van der Waals surface area (Å²) in [5, 5.41) is 9.12. The third-order valence-electron chi connectivity index (χ3n) is 1.60. The predicted octanol–water partition coefficient (Wildman–Crippen LogP) is 0.696. The Labute approximate surface area is 73.5 Å². The van der Waals surface area contributed by atoms with E-state index in [1.165, 1.54) is 0 Å². The molecule has 1 N–H and O–H groups in total. The molecule has 0 saturated heterocycles. The molecule has 1 heterocycles. The van der Waals surface area contributed by atoms with Crippen LogP contribution in [0.25, 0.3) is 11.0 Å². The minimum atomic E-state index is -0.494. The van der Waals surface area contributed by atoms with E-state index in [0.717, 1.165) is 6.07 Å². The van der Waals surface area contributed by atoms with Gasteiger partial charge in [-0.1, -0.05) is 12.1 Å². The molecule has 0 bridgehead atoms. The molecule has 0 radical (unpaired) electrons. The molecular weight excluding hydrogens is 168 g/mol. The van der Waals surface area contributed by atoms with E-state index in [1.807, 2.05) is 0 Å². The highest BCUT2D eigenvalue weighted by Crippen LogP contribution is 2.07. The van der Waals surface area contributed by atoms with Gasteiger partial charge in [-0.2, -0.15) is 0 Å². The van der Waals surface area contributed by atoms with E-state index in [9.17, 15) is 4.79 Å². The lowest BCUT2D eigenvalue weighted by Gasteiger charge is -1.86. The Bertz CT molecular complexity index is 511. The second-order valence-electron chi connectivity index (χ2n) is 2.55. The summed E-state index contributed by atoms with van der Waals surface area (Å²) in [5.74, 6) is -0.307. The first kappa shape index (κ1) is 7.67. The zero-order valence-corrected chi connectivity index (χ0v) is 6.64. The lowest BCUT2D eigenvalue weighted by Crippen LogP contribution is -1.97.